The molecule has 0 aliphatic heterocycles. The second-order valence-corrected chi connectivity index (χ2v) is 7.61. The lowest BCUT2D eigenvalue weighted by molar-refractivity contribution is -0.125. The maximum Gasteiger partial charge on any atom is 0.235 e. The minimum Gasteiger partial charge on any atom is -0.348 e. The number of hydrogen-bond acceptors (Lipinski definition) is 7. The van der Waals surface area contributed by atoms with E-state index in [0.29, 0.717) is 22.5 Å². The van der Waals surface area contributed by atoms with Crippen LogP contribution in [0, 0.1) is 5.92 Å². The summed E-state index contributed by atoms with van der Waals surface area (Å²) >= 11 is 2.83. The molecule has 2 aromatic heterocycles. The number of thioether (sulfide) groups is 1. The topological polar surface area (TPSA) is 89.4 Å². The third kappa shape index (κ3) is 3.92. The van der Waals surface area contributed by atoms with Crippen LogP contribution in [0.4, 0.5) is 0 Å². The molecule has 0 aliphatic carbocycles. The zero-order chi connectivity index (χ0) is 15.6. The number of carbonyl (C=O) groups excluding carboxylic acids is 1. The van der Waals surface area contributed by atoms with Gasteiger partial charge in [-0.25, -0.2) is 0 Å². The van der Waals surface area contributed by atoms with Gasteiger partial charge < -0.3 is 10.6 Å². The quantitative estimate of drug-likeness (QED) is 0.807. The third-order valence-corrected chi connectivity index (χ3v) is 4.89. The fraction of sp³-hybridized carbons (Fsp3) is 0.667. The Hall–Kier alpha value is -1.19. The lowest BCUT2D eigenvalue weighted by atomic mass is 10.0. The van der Waals surface area contributed by atoms with Crippen molar-refractivity contribution in [3.05, 3.63) is 5.82 Å². The first kappa shape index (κ1) is 16.2. The van der Waals surface area contributed by atoms with Gasteiger partial charge in [-0.05, 0) is 12.3 Å². The van der Waals surface area contributed by atoms with E-state index in [4.69, 9.17) is 5.73 Å². The fourth-order valence-corrected chi connectivity index (χ4v) is 3.63. The van der Waals surface area contributed by atoms with Crippen LogP contribution in [0.25, 0.3) is 4.96 Å². The zero-order valence-corrected chi connectivity index (χ0v) is 14.2. The molecule has 1 amide bonds. The lowest BCUT2D eigenvalue weighted by Crippen LogP contribution is -2.23. The first-order valence-electron chi connectivity index (χ1n) is 6.69. The molecule has 2 heterocycles. The molecule has 0 saturated carbocycles. The summed E-state index contributed by atoms with van der Waals surface area (Å²) in [5, 5.41) is 12.7. The number of fused-ring (bicyclic) bond motifs is 1. The average molecular weight is 328 g/mol. The van der Waals surface area contributed by atoms with Gasteiger partial charge in [-0.1, -0.05) is 36.9 Å². The summed E-state index contributed by atoms with van der Waals surface area (Å²) in [4.78, 5) is 13.9. The highest BCUT2D eigenvalue weighted by Gasteiger charge is 2.19. The van der Waals surface area contributed by atoms with E-state index in [1.807, 2.05) is 0 Å². The monoisotopic (exact) mass is 328 g/mol. The van der Waals surface area contributed by atoms with Gasteiger partial charge in [0, 0.05) is 14.1 Å². The summed E-state index contributed by atoms with van der Waals surface area (Å²) in [6.07, 6.45) is 0.833. The molecule has 21 heavy (non-hydrogen) atoms. The van der Waals surface area contributed by atoms with Crippen molar-refractivity contribution in [3.8, 4) is 0 Å². The number of nitrogens with two attached hydrogens (primary N) is 1. The van der Waals surface area contributed by atoms with Crippen LogP contribution >= 0.6 is 23.1 Å². The van der Waals surface area contributed by atoms with Crippen molar-refractivity contribution in [1.82, 2.24) is 24.7 Å². The van der Waals surface area contributed by atoms with E-state index >= 15 is 0 Å². The number of amides is 1. The van der Waals surface area contributed by atoms with Crippen molar-refractivity contribution in [2.75, 3.05) is 19.8 Å². The van der Waals surface area contributed by atoms with Gasteiger partial charge in [0.1, 0.15) is 0 Å². The molecule has 0 radical (unpaired) electrons. The van der Waals surface area contributed by atoms with Crippen molar-refractivity contribution in [2.24, 2.45) is 11.7 Å². The van der Waals surface area contributed by atoms with E-state index < -0.39 is 0 Å². The Morgan fingerprint density at radius 2 is 2.14 bits per heavy atom. The smallest absolute Gasteiger partial charge is 0.235 e. The molecule has 7 nitrogen and oxygen atoms in total. The van der Waals surface area contributed by atoms with Crippen LogP contribution in [0.5, 0.6) is 0 Å². The SMILES string of the molecule is CC(C)CC(N)c1nnc2sc(SCC(=O)N(C)C)nn12. The maximum absolute atomic E-state index is 11.6. The molecule has 0 fully saturated rings. The minimum absolute atomic E-state index is 0.0581. The highest BCUT2D eigenvalue weighted by Crippen LogP contribution is 2.26. The summed E-state index contributed by atoms with van der Waals surface area (Å²) in [6.45, 7) is 4.24. The van der Waals surface area contributed by atoms with Crippen LogP contribution in [0.1, 0.15) is 32.1 Å². The summed E-state index contributed by atoms with van der Waals surface area (Å²) in [6, 6.07) is -0.177. The summed E-state index contributed by atoms with van der Waals surface area (Å²) in [7, 11) is 3.48. The largest absolute Gasteiger partial charge is 0.348 e. The second kappa shape index (κ2) is 6.71. The Kier molecular flexibility index (Phi) is 5.17. The predicted molar refractivity (Wildman–Crippen MR) is 84.5 cm³/mol. The molecule has 0 saturated heterocycles. The van der Waals surface area contributed by atoms with Gasteiger partial charge in [-0.3, -0.25) is 4.79 Å². The number of aromatic nitrogens is 4. The fourth-order valence-electron chi connectivity index (χ4n) is 1.77. The molecule has 0 aliphatic rings. The third-order valence-electron chi connectivity index (χ3n) is 2.87. The van der Waals surface area contributed by atoms with Crippen molar-refractivity contribution < 1.29 is 4.79 Å². The summed E-state index contributed by atoms with van der Waals surface area (Å²) in [5.74, 6) is 1.59. The van der Waals surface area contributed by atoms with Crippen LogP contribution in [0.15, 0.2) is 4.34 Å². The van der Waals surface area contributed by atoms with Gasteiger partial charge in [-0.2, -0.15) is 4.52 Å². The van der Waals surface area contributed by atoms with E-state index in [1.165, 1.54) is 23.1 Å². The molecule has 2 rings (SSSR count). The number of hydrogen-bond donors (Lipinski definition) is 1. The second-order valence-electron chi connectivity index (χ2n) is 5.43. The van der Waals surface area contributed by atoms with E-state index in [-0.39, 0.29) is 11.9 Å². The van der Waals surface area contributed by atoms with Crippen molar-refractivity contribution in [1.29, 1.82) is 0 Å². The molecule has 1 atom stereocenters. The molecular weight excluding hydrogens is 308 g/mol. The minimum atomic E-state index is -0.177. The Morgan fingerprint density at radius 3 is 2.76 bits per heavy atom. The summed E-state index contributed by atoms with van der Waals surface area (Å²) in [5.41, 5.74) is 6.15. The maximum atomic E-state index is 11.6. The van der Waals surface area contributed by atoms with Crippen molar-refractivity contribution in [3.63, 3.8) is 0 Å². The molecule has 1 unspecified atom stereocenters. The van der Waals surface area contributed by atoms with E-state index in [2.05, 4.69) is 29.1 Å². The first-order chi connectivity index (χ1) is 9.88. The molecule has 116 valence electrons. The van der Waals surface area contributed by atoms with Crippen LogP contribution in [0.3, 0.4) is 0 Å². The molecule has 0 bridgehead atoms. The molecule has 2 N–H and O–H groups in total. The molecule has 2 aromatic rings. The number of rotatable bonds is 6. The number of carbonyl (C=O) groups is 1. The summed E-state index contributed by atoms with van der Waals surface area (Å²) < 4.78 is 2.49. The normalized spacial score (nSPS) is 13.0. The standard InChI is InChI=1S/C12H20N6OS2/c1-7(2)5-8(13)10-14-15-11-18(10)16-12(21-11)20-6-9(19)17(3)4/h7-8H,5-6,13H2,1-4H3. The Labute approximate surface area is 131 Å². The Balaban J connectivity index is 2.12. The Bertz CT molecular complexity index is 620. The molecular formula is C12H20N6OS2. The van der Waals surface area contributed by atoms with E-state index in [9.17, 15) is 4.79 Å². The number of nitrogens with zero attached hydrogens (tertiary/aromatic N) is 5. The zero-order valence-electron chi connectivity index (χ0n) is 12.6. The molecule has 9 heteroatoms. The molecule has 0 aromatic carbocycles. The molecule has 0 spiro atoms. The van der Waals surface area contributed by atoms with Gasteiger partial charge in [0.15, 0.2) is 10.2 Å². The van der Waals surface area contributed by atoms with Crippen LogP contribution in [0.2, 0.25) is 0 Å². The van der Waals surface area contributed by atoms with Gasteiger partial charge in [0.25, 0.3) is 0 Å². The lowest BCUT2D eigenvalue weighted by Gasteiger charge is -2.10. The van der Waals surface area contributed by atoms with Gasteiger partial charge in [-0.15, -0.1) is 15.3 Å². The highest BCUT2D eigenvalue weighted by molar-refractivity contribution is 8.01. The predicted octanol–water partition coefficient (Wildman–Crippen LogP) is 1.41. The first-order valence-corrected chi connectivity index (χ1v) is 8.49. The van der Waals surface area contributed by atoms with E-state index in [0.717, 1.165) is 10.8 Å². The van der Waals surface area contributed by atoms with Crippen molar-refractivity contribution in [2.45, 2.75) is 30.6 Å². The van der Waals surface area contributed by atoms with Crippen LogP contribution in [-0.4, -0.2) is 50.5 Å². The highest BCUT2D eigenvalue weighted by atomic mass is 32.2. The van der Waals surface area contributed by atoms with Crippen molar-refractivity contribution >= 4 is 34.0 Å². The van der Waals surface area contributed by atoms with Gasteiger partial charge >= 0.3 is 0 Å². The average Bonchev–Trinajstić information content (AvgIpc) is 2.93. The van der Waals surface area contributed by atoms with E-state index in [1.54, 1.807) is 23.5 Å². The van der Waals surface area contributed by atoms with Crippen LogP contribution in [-0.2, 0) is 4.79 Å². The van der Waals surface area contributed by atoms with Gasteiger partial charge in [0.05, 0.1) is 11.8 Å². The van der Waals surface area contributed by atoms with Crippen LogP contribution < -0.4 is 5.73 Å². The van der Waals surface area contributed by atoms with Gasteiger partial charge in [0.2, 0.25) is 10.9 Å². The Morgan fingerprint density at radius 1 is 1.43 bits per heavy atom.